The summed E-state index contributed by atoms with van der Waals surface area (Å²) >= 11 is 1.65. The van der Waals surface area contributed by atoms with E-state index in [4.69, 9.17) is 10.0 Å². The van der Waals surface area contributed by atoms with Gasteiger partial charge in [0.15, 0.2) is 0 Å². The second-order valence-corrected chi connectivity index (χ2v) is 5.15. The predicted molar refractivity (Wildman–Crippen MR) is 62.7 cm³/mol. The van der Waals surface area contributed by atoms with Gasteiger partial charge >= 0.3 is 7.12 Å². The molecular formula is C10H14BFO2S. The van der Waals surface area contributed by atoms with Crippen LogP contribution in [0.15, 0.2) is 18.2 Å². The van der Waals surface area contributed by atoms with Gasteiger partial charge in [-0.1, -0.05) is 26.0 Å². The maximum Gasteiger partial charge on any atom is 0.488 e. The Bertz CT molecular complexity index is 331. The van der Waals surface area contributed by atoms with Crippen LogP contribution in [0.2, 0.25) is 0 Å². The highest BCUT2D eigenvalue weighted by Crippen LogP contribution is 2.18. The average Bonchev–Trinajstić information content (AvgIpc) is 2.15. The fourth-order valence-electron chi connectivity index (χ4n) is 1.10. The van der Waals surface area contributed by atoms with Crippen molar-refractivity contribution in [2.45, 2.75) is 24.9 Å². The van der Waals surface area contributed by atoms with E-state index < -0.39 is 7.12 Å². The van der Waals surface area contributed by atoms with Gasteiger partial charge < -0.3 is 10.0 Å². The highest BCUT2D eigenvalue weighted by Gasteiger charge is 2.13. The zero-order valence-corrected chi connectivity index (χ0v) is 9.59. The quantitative estimate of drug-likeness (QED) is 0.759. The molecule has 0 radical (unpaired) electrons. The molecular weight excluding hydrogens is 214 g/mol. The van der Waals surface area contributed by atoms with Crippen LogP contribution in [0.25, 0.3) is 0 Å². The molecule has 2 nitrogen and oxygen atoms in total. The first-order chi connectivity index (χ1) is 7.00. The molecule has 0 bridgehead atoms. The van der Waals surface area contributed by atoms with Crippen LogP contribution in [0.1, 0.15) is 19.4 Å². The summed E-state index contributed by atoms with van der Waals surface area (Å²) in [6.45, 7) is 4.10. The van der Waals surface area contributed by atoms with Gasteiger partial charge in [-0.15, -0.1) is 0 Å². The number of benzene rings is 1. The lowest BCUT2D eigenvalue weighted by Crippen LogP contribution is -2.30. The van der Waals surface area contributed by atoms with Crippen molar-refractivity contribution in [1.82, 2.24) is 0 Å². The highest BCUT2D eigenvalue weighted by molar-refractivity contribution is 7.99. The molecule has 0 heterocycles. The van der Waals surface area contributed by atoms with Crippen molar-refractivity contribution in [3.63, 3.8) is 0 Å². The molecule has 0 amide bonds. The molecule has 0 unspecified atom stereocenters. The first kappa shape index (κ1) is 12.6. The molecule has 0 aliphatic carbocycles. The van der Waals surface area contributed by atoms with Crippen molar-refractivity contribution in [3.05, 3.63) is 29.6 Å². The van der Waals surface area contributed by atoms with E-state index in [1.165, 1.54) is 12.1 Å². The molecule has 15 heavy (non-hydrogen) atoms. The molecule has 2 N–H and O–H groups in total. The standard InChI is InChI=1S/C10H14BFO2S/c1-7(2)15-6-8-3-4-9(11(13)14)5-10(8)12/h3-5,7,13-14H,6H2,1-2H3. The lowest BCUT2D eigenvalue weighted by molar-refractivity contribution is 0.425. The largest absolute Gasteiger partial charge is 0.488 e. The molecule has 0 spiro atoms. The minimum absolute atomic E-state index is 0.186. The molecule has 1 aromatic carbocycles. The zero-order valence-electron chi connectivity index (χ0n) is 8.77. The summed E-state index contributed by atoms with van der Waals surface area (Å²) in [5.41, 5.74) is 0.781. The second-order valence-electron chi connectivity index (χ2n) is 3.58. The molecule has 0 saturated heterocycles. The summed E-state index contributed by atoms with van der Waals surface area (Å²) in [5, 5.41) is 18.1. The third kappa shape index (κ3) is 3.85. The Balaban J connectivity index is 2.75. The van der Waals surface area contributed by atoms with Crippen molar-refractivity contribution < 1.29 is 14.4 Å². The summed E-state index contributed by atoms with van der Waals surface area (Å²) in [5.74, 6) is 0.222. The average molecular weight is 228 g/mol. The first-order valence-electron chi connectivity index (χ1n) is 4.76. The lowest BCUT2D eigenvalue weighted by atomic mass is 9.80. The summed E-state index contributed by atoms with van der Waals surface area (Å²) in [7, 11) is -1.61. The van der Waals surface area contributed by atoms with Crippen molar-refractivity contribution in [2.75, 3.05) is 0 Å². The van der Waals surface area contributed by atoms with Crippen LogP contribution in [0.3, 0.4) is 0 Å². The monoisotopic (exact) mass is 228 g/mol. The van der Waals surface area contributed by atoms with E-state index in [1.807, 2.05) is 0 Å². The van der Waals surface area contributed by atoms with Gasteiger partial charge in [0.2, 0.25) is 0 Å². The number of halogens is 1. The van der Waals surface area contributed by atoms with E-state index in [-0.39, 0.29) is 11.3 Å². The van der Waals surface area contributed by atoms with E-state index >= 15 is 0 Å². The van der Waals surface area contributed by atoms with Crippen LogP contribution in [0, 0.1) is 5.82 Å². The molecule has 0 saturated carbocycles. The molecule has 0 aromatic heterocycles. The van der Waals surface area contributed by atoms with E-state index in [1.54, 1.807) is 17.8 Å². The third-order valence-electron chi connectivity index (χ3n) is 1.95. The van der Waals surface area contributed by atoms with Crippen LogP contribution in [0.5, 0.6) is 0 Å². The van der Waals surface area contributed by atoms with Gasteiger partial charge in [0.05, 0.1) is 0 Å². The summed E-state index contributed by atoms with van der Waals surface area (Å²) in [6, 6.07) is 4.30. The van der Waals surface area contributed by atoms with E-state index in [9.17, 15) is 4.39 Å². The molecule has 0 aliphatic rings. The molecule has 0 aliphatic heterocycles. The van der Waals surface area contributed by atoms with Crippen molar-refractivity contribution >= 4 is 24.3 Å². The van der Waals surface area contributed by atoms with Gasteiger partial charge in [0, 0.05) is 5.75 Å². The normalized spacial score (nSPS) is 10.8. The molecule has 1 aromatic rings. The number of thioether (sulfide) groups is 1. The summed E-state index contributed by atoms with van der Waals surface area (Å²) in [4.78, 5) is 0. The van der Waals surface area contributed by atoms with Crippen LogP contribution in [-0.4, -0.2) is 22.4 Å². The molecule has 5 heteroatoms. The SMILES string of the molecule is CC(C)SCc1ccc(B(O)O)cc1F. The number of rotatable bonds is 4. The van der Waals surface area contributed by atoms with E-state index in [2.05, 4.69) is 13.8 Å². The predicted octanol–water partition coefficient (Wildman–Crippen LogP) is 1.15. The van der Waals surface area contributed by atoms with Crippen molar-refractivity contribution in [3.8, 4) is 0 Å². The van der Waals surface area contributed by atoms with Gasteiger partial charge in [-0.25, -0.2) is 4.39 Å². The fourth-order valence-corrected chi connectivity index (χ4v) is 1.84. The Morgan fingerprint density at radius 1 is 1.40 bits per heavy atom. The Kier molecular flexibility index (Phi) is 4.63. The maximum atomic E-state index is 13.4. The number of hydrogen-bond donors (Lipinski definition) is 2. The van der Waals surface area contributed by atoms with Gasteiger partial charge in [-0.3, -0.25) is 0 Å². The maximum absolute atomic E-state index is 13.4. The Hall–Kier alpha value is -0.515. The summed E-state index contributed by atoms with van der Waals surface area (Å²) in [6.07, 6.45) is 0. The van der Waals surface area contributed by atoms with Gasteiger partial charge in [0.1, 0.15) is 5.82 Å². The Morgan fingerprint density at radius 2 is 2.07 bits per heavy atom. The highest BCUT2D eigenvalue weighted by atomic mass is 32.2. The van der Waals surface area contributed by atoms with Crippen LogP contribution in [-0.2, 0) is 5.75 Å². The van der Waals surface area contributed by atoms with Crippen LogP contribution >= 0.6 is 11.8 Å². The Labute approximate surface area is 93.7 Å². The van der Waals surface area contributed by atoms with Crippen LogP contribution in [0.4, 0.5) is 4.39 Å². The zero-order chi connectivity index (χ0) is 11.4. The second kappa shape index (κ2) is 5.54. The third-order valence-corrected chi connectivity index (χ3v) is 3.09. The molecule has 82 valence electrons. The summed E-state index contributed by atoms with van der Waals surface area (Å²) < 4.78 is 13.4. The Morgan fingerprint density at radius 3 is 2.53 bits per heavy atom. The lowest BCUT2D eigenvalue weighted by Gasteiger charge is -2.07. The molecule has 1 rings (SSSR count). The topological polar surface area (TPSA) is 40.5 Å². The van der Waals surface area contributed by atoms with E-state index in [0.29, 0.717) is 16.6 Å². The van der Waals surface area contributed by atoms with Crippen molar-refractivity contribution in [1.29, 1.82) is 0 Å². The van der Waals surface area contributed by atoms with Gasteiger partial charge in [0.25, 0.3) is 0 Å². The first-order valence-corrected chi connectivity index (χ1v) is 5.81. The fraction of sp³-hybridized carbons (Fsp3) is 0.400. The van der Waals surface area contributed by atoms with Crippen molar-refractivity contribution in [2.24, 2.45) is 0 Å². The van der Waals surface area contributed by atoms with Crippen LogP contribution < -0.4 is 5.46 Å². The molecule has 0 fully saturated rings. The minimum Gasteiger partial charge on any atom is -0.423 e. The minimum atomic E-state index is -1.61. The van der Waals surface area contributed by atoms with Gasteiger partial charge in [-0.05, 0) is 22.3 Å². The van der Waals surface area contributed by atoms with E-state index in [0.717, 1.165) is 0 Å². The van der Waals surface area contributed by atoms with Gasteiger partial charge in [-0.2, -0.15) is 11.8 Å². The molecule has 0 atom stereocenters. The smallest absolute Gasteiger partial charge is 0.423 e. The number of hydrogen-bond acceptors (Lipinski definition) is 3.